The normalized spacial score (nSPS) is 19.0. The van der Waals surface area contributed by atoms with Gasteiger partial charge < -0.3 is 9.42 Å². The molecule has 1 fully saturated rings. The number of aromatic amines is 1. The molecule has 112 valence electrons. The molecule has 0 bridgehead atoms. The van der Waals surface area contributed by atoms with E-state index >= 15 is 0 Å². The zero-order valence-corrected chi connectivity index (χ0v) is 12.4. The third-order valence-corrected chi connectivity index (χ3v) is 4.25. The fraction of sp³-hybridized carbons (Fsp3) is 0.533. The summed E-state index contributed by atoms with van der Waals surface area (Å²) in [5.41, 5.74) is 2.84. The number of likely N-dealkylation sites (tertiary alicyclic amines) is 1. The number of nitrogens with one attached hydrogen (secondary N) is 1. The molecule has 0 aromatic carbocycles. The number of nitrogens with zero attached hydrogens (tertiary/aromatic N) is 3. The Morgan fingerprint density at radius 2 is 2.38 bits per heavy atom. The van der Waals surface area contributed by atoms with Gasteiger partial charge in [0.2, 0.25) is 5.91 Å². The monoisotopic (exact) mass is 288 g/mol. The Hall–Kier alpha value is -2.11. The fourth-order valence-corrected chi connectivity index (χ4v) is 2.97. The van der Waals surface area contributed by atoms with Crippen molar-refractivity contribution in [2.75, 3.05) is 13.1 Å². The number of piperidine rings is 1. The summed E-state index contributed by atoms with van der Waals surface area (Å²) < 4.78 is 5.13. The lowest BCUT2D eigenvalue weighted by Gasteiger charge is -2.32. The maximum atomic E-state index is 12.5. The van der Waals surface area contributed by atoms with Gasteiger partial charge in [0.05, 0.1) is 12.1 Å². The van der Waals surface area contributed by atoms with Gasteiger partial charge in [-0.05, 0) is 32.8 Å². The average molecular weight is 288 g/mol. The molecule has 1 atom stereocenters. The van der Waals surface area contributed by atoms with Crippen LogP contribution >= 0.6 is 0 Å². The van der Waals surface area contributed by atoms with E-state index in [1.807, 2.05) is 24.8 Å². The number of amides is 1. The summed E-state index contributed by atoms with van der Waals surface area (Å²) in [6.07, 6.45) is 4.26. The molecule has 2 aromatic rings. The van der Waals surface area contributed by atoms with Crippen LogP contribution in [0.2, 0.25) is 0 Å². The predicted octanol–water partition coefficient (Wildman–Crippen LogP) is 1.96. The Balaban J connectivity index is 1.67. The van der Waals surface area contributed by atoms with E-state index in [2.05, 4.69) is 15.4 Å². The van der Waals surface area contributed by atoms with Gasteiger partial charge in [0.15, 0.2) is 0 Å². The van der Waals surface area contributed by atoms with E-state index in [9.17, 15) is 4.79 Å². The van der Waals surface area contributed by atoms with Crippen LogP contribution in [0, 0.1) is 13.8 Å². The second-order valence-electron chi connectivity index (χ2n) is 5.67. The number of hydrogen-bond acceptors (Lipinski definition) is 4. The van der Waals surface area contributed by atoms with Gasteiger partial charge in [-0.25, -0.2) is 0 Å². The molecular formula is C15H20N4O2. The van der Waals surface area contributed by atoms with Crippen molar-refractivity contribution in [3.05, 3.63) is 35.0 Å². The van der Waals surface area contributed by atoms with E-state index in [0.29, 0.717) is 12.3 Å². The van der Waals surface area contributed by atoms with Gasteiger partial charge >= 0.3 is 0 Å². The lowest BCUT2D eigenvalue weighted by Crippen LogP contribution is -2.40. The van der Waals surface area contributed by atoms with Gasteiger partial charge in [-0.3, -0.25) is 9.89 Å². The molecule has 2 aromatic heterocycles. The molecule has 1 N–H and O–H groups in total. The number of aryl methyl sites for hydroxylation is 2. The molecule has 3 heterocycles. The van der Waals surface area contributed by atoms with Crippen LogP contribution in [0.4, 0.5) is 0 Å². The molecule has 1 aliphatic rings. The highest BCUT2D eigenvalue weighted by Gasteiger charge is 2.26. The topological polar surface area (TPSA) is 75.0 Å². The number of aromatic nitrogens is 3. The van der Waals surface area contributed by atoms with Gasteiger partial charge in [-0.1, -0.05) is 5.16 Å². The summed E-state index contributed by atoms with van der Waals surface area (Å²) in [5, 5.41) is 10.9. The first kappa shape index (κ1) is 13.9. The van der Waals surface area contributed by atoms with Crippen molar-refractivity contribution in [3.8, 4) is 0 Å². The summed E-state index contributed by atoms with van der Waals surface area (Å²) in [6, 6.07) is 1.99. The molecule has 6 heteroatoms. The van der Waals surface area contributed by atoms with Crippen molar-refractivity contribution >= 4 is 5.91 Å². The highest BCUT2D eigenvalue weighted by molar-refractivity contribution is 5.79. The number of rotatable bonds is 3. The van der Waals surface area contributed by atoms with E-state index in [1.165, 1.54) is 0 Å². The third-order valence-electron chi connectivity index (χ3n) is 4.25. The van der Waals surface area contributed by atoms with Crippen molar-refractivity contribution in [2.45, 2.75) is 39.0 Å². The van der Waals surface area contributed by atoms with E-state index in [1.54, 1.807) is 6.20 Å². The van der Waals surface area contributed by atoms with Crippen molar-refractivity contribution < 1.29 is 9.32 Å². The summed E-state index contributed by atoms with van der Waals surface area (Å²) >= 11 is 0. The summed E-state index contributed by atoms with van der Waals surface area (Å²) in [4.78, 5) is 14.5. The molecule has 0 aliphatic carbocycles. The van der Waals surface area contributed by atoms with Crippen LogP contribution in [0.1, 0.15) is 41.5 Å². The largest absolute Gasteiger partial charge is 0.361 e. The van der Waals surface area contributed by atoms with Crippen molar-refractivity contribution in [1.82, 2.24) is 20.3 Å². The first-order chi connectivity index (χ1) is 10.1. The van der Waals surface area contributed by atoms with E-state index in [-0.39, 0.29) is 5.91 Å². The predicted molar refractivity (Wildman–Crippen MR) is 76.8 cm³/mol. The number of H-pyrrole nitrogens is 1. The summed E-state index contributed by atoms with van der Waals surface area (Å²) in [7, 11) is 0. The second-order valence-corrected chi connectivity index (χ2v) is 5.67. The minimum atomic E-state index is 0.147. The quantitative estimate of drug-likeness (QED) is 0.937. The van der Waals surface area contributed by atoms with Crippen molar-refractivity contribution in [1.29, 1.82) is 0 Å². The minimum absolute atomic E-state index is 0.147. The number of hydrogen-bond donors (Lipinski definition) is 1. The smallest absolute Gasteiger partial charge is 0.227 e. The van der Waals surface area contributed by atoms with Crippen molar-refractivity contribution in [2.24, 2.45) is 0 Å². The van der Waals surface area contributed by atoms with Gasteiger partial charge in [0.25, 0.3) is 0 Å². The Bertz CT molecular complexity index is 598. The minimum Gasteiger partial charge on any atom is -0.361 e. The molecular weight excluding hydrogens is 268 g/mol. The van der Waals surface area contributed by atoms with E-state index < -0.39 is 0 Å². The molecule has 21 heavy (non-hydrogen) atoms. The van der Waals surface area contributed by atoms with Crippen molar-refractivity contribution in [3.63, 3.8) is 0 Å². The molecule has 0 unspecified atom stereocenters. The van der Waals surface area contributed by atoms with Gasteiger partial charge in [0, 0.05) is 36.5 Å². The van der Waals surface area contributed by atoms with Crippen LogP contribution in [0.5, 0.6) is 0 Å². The van der Waals surface area contributed by atoms with Gasteiger partial charge in [-0.2, -0.15) is 5.10 Å². The van der Waals surface area contributed by atoms with Crippen LogP contribution in [-0.4, -0.2) is 39.3 Å². The van der Waals surface area contributed by atoms with Gasteiger partial charge in [-0.15, -0.1) is 0 Å². The SMILES string of the molecule is Cc1noc(C)c1CC(=O)N1CCC[C@@H](c2ccn[nH]2)C1. The fourth-order valence-electron chi connectivity index (χ4n) is 2.97. The Kier molecular flexibility index (Phi) is 3.77. The standard InChI is InChI=1S/C15H20N4O2/c1-10-13(11(2)21-18-10)8-15(20)19-7-3-4-12(9-19)14-5-6-16-17-14/h5-6,12H,3-4,7-9H2,1-2H3,(H,16,17)/t12-/m1/s1. The second kappa shape index (κ2) is 5.71. The van der Waals surface area contributed by atoms with E-state index in [0.717, 1.165) is 48.6 Å². The molecule has 0 saturated carbocycles. The first-order valence-corrected chi connectivity index (χ1v) is 7.34. The highest BCUT2D eigenvalue weighted by Crippen LogP contribution is 2.26. The lowest BCUT2D eigenvalue weighted by molar-refractivity contribution is -0.131. The Morgan fingerprint density at radius 3 is 3.05 bits per heavy atom. The molecule has 1 aliphatic heterocycles. The van der Waals surface area contributed by atoms with Crippen LogP contribution in [-0.2, 0) is 11.2 Å². The van der Waals surface area contributed by atoms with Crippen LogP contribution in [0.25, 0.3) is 0 Å². The molecule has 3 rings (SSSR count). The molecule has 1 saturated heterocycles. The zero-order valence-electron chi connectivity index (χ0n) is 12.4. The molecule has 0 spiro atoms. The molecule has 1 amide bonds. The van der Waals surface area contributed by atoms with E-state index in [4.69, 9.17) is 4.52 Å². The molecule has 0 radical (unpaired) electrons. The van der Waals surface area contributed by atoms with Crippen LogP contribution < -0.4 is 0 Å². The highest BCUT2D eigenvalue weighted by atomic mass is 16.5. The Morgan fingerprint density at radius 1 is 1.52 bits per heavy atom. The van der Waals surface area contributed by atoms with Crippen LogP contribution in [0.3, 0.4) is 0 Å². The zero-order chi connectivity index (χ0) is 14.8. The first-order valence-electron chi connectivity index (χ1n) is 7.34. The number of carbonyl (C=O) groups excluding carboxylic acids is 1. The molecule has 6 nitrogen and oxygen atoms in total. The number of carbonyl (C=O) groups is 1. The average Bonchev–Trinajstić information content (AvgIpc) is 3.13. The van der Waals surface area contributed by atoms with Gasteiger partial charge in [0.1, 0.15) is 5.76 Å². The maximum absolute atomic E-state index is 12.5. The summed E-state index contributed by atoms with van der Waals surface area (Å²) in [6.45, 7) is 5.31. The summed E-state index contributed by atoms with van der Waals surface area (Å²) in [5.74, 6) is 1.24. The maximum Gasteiger partial charge on any atom is 0.227 e. The third kappa shape index (κ3) is 2.84. The lowest BCUT2D eigenvalue weighted by atomic mass is 9.94. The van der Waals surface area contributed by atoms with Crippen LogP contribution in [0.15, 0.2) is 16.8 Å². The Labute approximate surface area is 123 Å².